The number of amides is 1. The largest absolute Gasteiger partial charge is 0.493 e. The maximum atomic E-state index is 12.8. The summed E-state index contributed by atoms with van der Waals surface area (Å²) in [7, 11) is 4.42. The fourth-order valence-electron chi connectivity index (χ4n) is 3.03. The fourth-order valence-corrected chi connectivity index (χ4v) is 3.03. The van der Waals surface area contributed by atoms with Gasteiger partial charge in [0, 0.05) is 11.3 Å². The quantitative estimate of drug-likeness (QED) is 0.742. The second kappa shape index (κ2) is 7.99. The van der Waals surface area contributed by atoms with Gasteiger partial charge < -0.3 is 24.3 Å². The molecule has 0 spiro atoms. The monoisotopic (exact) mass is 384 g/mol. The number of hydrogen-bond acceptors (Lipinski definition) is 7. The first-order chi connectivity index (χ1) is 13.5. The van der Waals surface area contributed by atoms with Gasteiger partial charge in [-0.15, -0.1) is 0 Å². The third-order valence-corrected chi connectivity index (χ3v) is 4.46. The molecule has 0 unspecified atom stereocenters. The van der Waals surface area contributed by atoms with Crippen molar-refractivity contribution in [1.29, 1.82) is 5.41 Å². The Hall–Kier alpha value is -3.55. The molecule has 3 rings (SSSR count). The molecule has 8 nitrogen and oxygen atoms in total. The number of hydrogen-bond donors (Lipinski definition) is 2. The van der Waals surface area contributed by atoms with Gasteiger partial charge in [0.1, 0.15) is 12.3 Å². The van der Waals surface area contributed by atoms with Crippen LogP contribution in [-0.2, 0) is 9.53 Å². The molecule has 1 fully saturated rings. The standard InChI is InChI=1S/C20H20N2O6/c1-25-15-8-11(9-16(26-2)18(15)27-3)19(23)22-14-7-5-4-6-12(14)13-10-28-20(24)17(13)21/h4-9,13,21H,10H2,1-3H3,(H,22,23)/t13-/m1/s1. The topological polar surface area (TPSA) is 107 Å². The van der Waals surface area contributed by atoms with E-state index in [2.05, 4.69) is 5.32 Å². The van der Waals surface area contributed by atoms with Gasteiger partial charge in [0.05, 0.1) is 27.2 Å². The molecule has 0 saturated carbocycles. The summed E-state index contributed by atoms with van der Waals surface area (Å²) in [6, 6.07) is 10.1. The van der Waals surface area contributed by atoms with Crippen molar-refractivity contribution in [3.63, 3.8) is 0 Å². The fraction of sp³-hybridized carbons (Fsp3) is 0.250. The van der Waals surface area contributed by atoms with Crippen molar-refractivity contribution >= 4 is 23.3 Å². The smallest absolute Gasteiger partial charge is 0.352 e. The van der Waals surface area contributed by atoms with E-state index in [9.17, 15) is 9.59 Å². The molecular formula is C20H20N2O6. The lowest BCUT2D eigenvalue weighted by atomic mass is 9.95. The number of carbonyl (C=O) groups is 2. The van der Waals surface area contributed by atoms with Crippen molar-refractivity contribution in [2.24, 2.45) is 0 Å². The highest BCUT2D eigenvalue weighted by Crippen LogP contribution is 2.38. The number of ether oxygens (including phenoxy) is 4. The predicted molar refractivity (Wildman–Crippen MR) is 102 cm³/mol. The van der Waals surface area contributed by atoms with Crippen molar-refractivity contribution in [1.82, 2.24) is 0 Å². The maximum absolute atomic E-state index is 12.8. The molecule has 1 heterocycles. The second-order valence-electron chi connectivity index (χ2n) is 6.02. The highest BCUT2D eigenvalue weighted by atomic mass is 16.5. The Morgan fingerprint density at radius 2 is 1.75 bits per heavy atom. The molecule has 28 heavy (non-hydrogen) atoms. The molecule has 2 aromatic carbocycles. The normalized spacial score (nSPS) is 15.8. The molecule has 1 atom stereocenters. The number of para-hydroxylation sites is 1. The molecule has 0 aliphatic carbocycles. The van der Waals surface area contributed by atoms with E-state index in [1.807, 2.05) is 0 Å². The molecular weight excluding hydrogens is 364 g/mol. The number of carbonyl (C=O) groups excluding carboxylic acids is 2. The zero-order valence-corrected chi connectivity index (χ0v) is 15.7. The van der Waals surface area contributed by atoms with Crippen LogP contribution >= 0.6 is 0 Å². The molecule has 2 N–H and O–H groups in total. The van der Waals surface area contributed by atoms with Crippen LogP contribution in [0.2, 0.25) is 0 Å². The Morgan fingerprint density at radius 1 is 1.11 bits per heavy atom. The van der Waals surface area contributed by atoms with Crippen LogP contribution in [0.1, 0.15) is 21.8 Å². The summed E-state index contributed by atoms with van der Waals surface area (Å²) in [6.07, 6.45) is 0. The number of esters is 1. The van der Waals surface area contributed by atoms with Crippen LogP contribution in [0, 0.1) is 5.41 Å². The Morgan fingerprint density at radius 3 is 2.29 bits per heavy atom. The minimum absolute atomic E-state index is 0.0781. The summed E-state index contributed by atoms with van der Waals surface area (Å²) in [5.41, 5.74) is 1.31. The Bertz CT molecular complexity index is 915. The summed E-state index contributed by atoms with van der Waals surface area (Å²) in [5.74, 6) is -0.464. The van der Waals surface area contributed by atoms with Crippen LogP contribution in [0.25, 0.3) is 0 Å². The van der Waals surface area contributed by atoms with Crippen LogP contribution in [0.5, 0.6) is 17.2 Å². The van der Waals surface area contributed by atoms with Gasteiger partial charge in [0.25, 0.3) is 5.91 Å². The minimum Gasteiger partial charge on any atom is -0.493 e. The third kappa shape index (κ3) is 3.48. The van der Waals surface area contributed by atoms with Gasteiger partial charge in [0.15, 0.2) is 11.5 Å². The van der Waals surface area contributed by atoms with E-state index in [-0.39, 0.29) is 12.3 Å². The first-order valence-electron chi connectivity index (χ1n) is 8.46. The molecule has 2 aromatic rings. The SMILES string of the molecule is COc1cc(C(=O)Nc2ccccc2[C@H]2COC(=O)C2=N)cc(OC)c1OC. The summed E-state index contributed by atoms with van der Waals surface area (Å²) >= 11 is 0. The van der Waals surface area contributed by atoms with E-state index in [0.29, 0.717) is 34.1 Å². The van der Waals surface area contributed by atoms with Crippen molar-refractivity contribution in [2.45, 2.75) is 5.92 Å². The average molecular weight is 384 g/mol. The van der Waals surface area contributed by atoms with Crippen LogP contribution in [0.4, 0.5) is 5.69 Å². The predicted octanol–water partition coefficient (Wildman–Crippen LogP) is 2.62. The highest BCUT2D eigenvalue weighted by Gasteiger charge is 2.33. The van der Waals surface area contributed by atoms with Crippen LogP contribution < -0.4 is 19.5 Å². The lowest BCUT2D eigenvalue weighted by Crippen LogP contribution is -2.17. The first kappa shape index (κ1) is 19.2. The van der Waals surface area contributed by atoms with E-state index in [1.165, 1.54) is 21.3 Å². The first-order valence-corrected chi connectivity index (χ1v) is 8.46. The molecule has 0 aromatic heterocycles. The zero-order chi connectivity index (χ0) is 20.3. The lowest BCUT2D eigenvalue weighted by molar-refractivity contribution is -0.132. The number of nitrogens with one attached hydrogen (secondary N) is 2. The Kier molecular flexibility index (Phi) is 5.49. The van der Waals surface area contributed by atoms with Gasteiger partial charge in [-0.1, -0.05) is 18.2 Å². The maximum Gasteiger partial charge on any atom is 0.352 e. The molecule has 146 valence electrons. The van der Waals surface area contributed by atoms with Gasteiger partial charge in [-0.2, -0.15) is 0 Å². The zero-order valence-electron chi connectivity index (χ0n) is 15.7. The second-order valence-corrected chi connectivity index (χ2v) is 6.02. The van der Waals surface area contributed by atoms with Crippen molar-refractivity contribution < 1.29 is 28.5 Å². The number of cyclic esters (lactones) is 1. The molecule has 1 aliphatic rings. The van der Waals surface area contributed by atoms with Gasteiger partial charge in [0.2, 0.25) is 5.75 Å². The summed E-state index contributed by atoms with van der Waals surface area (Å²) in [5, 5.41) is 10.7. The Labute approximate surface area is 161 Å². The number of anilines is 1. The van der Waals surface area contributed by atoms with Gasteiger partial charge in [-0.25, -0.2) is 4.79 Å². The van der Waals surface area contributed by atoms with E-state index in [4.69, 9.17) is 24.4 Å². The molecule has 0 radical (unpaired) electrons. The van der Waals surface area contributed by atoms with Crippen molar-refractivity contribution in [3.8, 4) is 17.2 Å². The van der Waals surface area contributed by atoms with Gasteiger partial charge in [-0.3, -0.25) is 10.2 Å². The van der Waals surface area contributed by atoms with E-state index < -0.39 is 17.8 Å². The number of benzene rings is 2. The van der Waals surface area contributed by atoms with E-state index >= 15 is 0 Å². The average Bonchev–Trinajstić information content (AvgIpc) is 3.05. The summed E-state index contributed by atoms with van der Waals surface area (Å²) < 4.78 is 20.8. The summed E-state index contributed by atoms with van der Waals surface area (Å²) in [6.45, 7) is 0.0781. The Balaban J connectivity index is 1.92. The molecule has 8 heteroatoms. The van der Waals surface area contributed by atoms with Gasteiger partial charge >= 0.3 is 5.97 Å². The van der Waals surface area contributed by atoms with E-state index in [0.717, 1.165) is 0 Å². The molecule has 1 saturated heterocycles. The third-order valence-electron chi connectivity index (χ3n) is 4.46. The minimum atomic E-state index is -0.643. The number of methoxy groups -OCH3 is 3. The molecule has 1 aliphatic heterocycles. The van der Waals surface area contributed by atoms with Crippen LogP contribution in [0.15, 0.2) is 36.4 Å². The lowest BCUT2D eigenvalue weighted by Gasteiger charge is -2.16. The molecule has 0 bridgehead atoms. The van der Waals surface area contributed by atoms with Crippen molar-refractivity contribution in [3.05, 3.63) is 47.5 Å². The van der Waals surface area contributed by atoms with Crippen LogP contribution in [-0.4, -0.2) is 45.5 Å². The highest BCUT2D eigenvalue weighted by molar-refractivity contribution is 6.39. The molecule has 1 amide bonds. The van der Waals surface area contributed by atoms with Gasteiger partial charge in [-0.05, 0) is 23.8 Å². The number of rotatable bonds is 6. The van der Waals surface area contributed by atoms with Crippen molar-refractivity contribution in [2.75, 3.05) is 33.3 Å². The summed E-state index contributed by atoms with van der Waals surface area (Å²) in [4.78, 5) is 24.4. The van der Waals surface area contributed by atoms with E-state index in [1.54, 1.807) is 36.4 Å². The van der Waals surface area contributed by atoms with Crippen LogP contribution in [0.3, 0.4) is 0 Å².